The highest BCUT2D eigenvalue weighted by Crippen LogP contribution is 2.21. The average Bonchev–Trinajstić information content (AvgIpc) is 2.07. The molecule has 4 heteroatoms. The molecule has 68 valence electrons. The number of hydrogen-bond donors (Lipinski definition) is 0. The Labute approximate surface area is 74.8 Å². The first-order chi connectivity index (χ1) is 6.06. The fraction of sp³-hybridized carbons (Fsp3) is 0.333. The molecular formula is C9H8F2N2. The Bertz CT molecular complexity index is 367. The molecule has 1 heterocycles. The predicted octanol–water partition coefficient (Wildman–Crippen LogP) is 2.51. The van der Waals surface area contributed by atoms with Gasteiger partial charge in [-0.2, -0.15) is 5.26 Å². The fourth-order valence-electron chi connectivity index (χ4n) is 1.06. The highest BCUT2D eigenvalue weighted by Gasteiger charge is 2.14. The summed E-state index contributed by atoms with van der Waals surface area (Å²) < 4.78 is 24.6. The van der Waals surface area contributed by atoms with Crippen molar-refractivity contribution < 1.29 is 8.78 Å². The molecule has 0 radical (unpaired) electrons. The van der Waals surface area contributed by atoms with Gasteiger partial charge in [0.25, 0.3) is 6.43 Å². The Morgan fingerprint density at radius 1 is 1.46 bits per heavy atom. The van der Waals surface area contributed by atoms with Gasteiger partial charge in [-0.15, -0.1) is 0 Å². The molecule has 0 fully saturated rings. The van der Waals surface area contributed by atoms with Crippen LogP contribution in [0.25, 0.3) is 0 Å². The Balaban J connectivity index is 3.31. The molecule has 0 saturated carbocycles. The summed E-state index contributed by atoms with van der Waals surface area (Å²) >= 11 is 0. The second-order valence-corrected chi connectivity index (χ2v) is 2.74. The molecule has 0 aliphatic heterocycles. The maximum Gasteiger partial charge on any atom is 0.280 e. The summed E-state index contributed by atoms with van der Waals surface area (Å²) in [5.74, 6) is 0. The van der Waals surface area contributed by atoms with Crippen molar-refractivity contribution in [1.29, 1.82) is 5.26 Å². The van der Waals surface area contributed by atoms with E-state index in [9.17, 15) is 8.78 Å². The van der Waals surface area contributed by atoms with E-state index in [2.05, 4.69) is 4.98 Å². The monoisotopic (exact) mass is 182 g/mol. The molecule has 2 nitrogen and oxygen atoms in total. The van der Waals surface area contributed by atoms with Crippen LogP contribution in [0.3, 0.4) is 0 Å². The average molecular weight is 182 g/mol. The molecule has 0 spiro atoms. The SMILES string of the molecule is Cc1cc(C#N)c(C)nc1C(F)F. The predicted molar refractivity (Wildman–Crippen MR) is 43.4 cm³/mol. The largest absolute Gasteiger partial charge is 0.280 e. The number of halogens is 2. The van der Waals surface area contributed by atoms with Crippen LogP contribution in [0, 0.1) is 25.2 Å². The summed E-state index contributed by atoms with van der Waals surface area (Å²) in [6.45, 7) is 3.07. The Morgan fingerprint density at radius 2 is 2.08 bits per heavy atom. The van der Waals surface area contributed by atoms with Crippen LogP contribution >= 0.6 is 0 Å². The number of aromatic nitrogens is 1. The molecule has 0 saturated heterocycles. The van der Waals surface area contributed by atoms with E-state index in [4.69, 9.17) is 5.26 Å². The summed E-state index contributed by atoms with van der Waals surface area (Å²) in [4.78, 5) is 3.67. The molecule has 0 atom stereocenters. The van der Waals surface area contributed by atoms with Crippen molar-refractivity contribution in [2.75, 3.05) is 0 Å². The summed E-state index contributed by atoms with van der Waals surface area (Å²) in [5.41, 5.74) is 0.818. The highest BCUT2D eigenvalue weighted by molar-refractivity contribution is 5.37. The lowest BCUT2D eigenvalue weighted by Crippen LogP contribution is -1.99. The fourth-order valence-corrected chi connectivity index (χ4v) is 1.06. The minimum atomic E-state index is -2.58. The number of pyridine rings is 1. The summed E-state index contributed by atoms with van der Waals surface area (Å²) in [6.07, 6.45) is -2.58. The van der Waals surface area contributed by atoms with E-state index in [0.29, 0.717) is 16.8 Å². The maximum atomic E-state index is 12.3. The molecule has 0 aromatic carbocycles. The van der Waals surface area contributed by atoms with E-state index < -0.39 is 6.43 Å². The van der Waals surface area contributed by atoms with Gasteiger partial charge in [0, 0.05) is 0 Å². The van der Waals surface area contributed by atoms with Gasteiger partial charge in [0.05, 0.1) is 11.3 Å². The zero-order valence-electron chi connectivity index (χ0n) is 7.31. The van der Waals surface area contributed by atoms with Crippen LogP contribution in [0.4, 0.5) is 8.78 Å². The molecule has 1 aromatic rings. The van der Waals surface area contributed by atoms with Gasteiger partial charge in [-0.3, -0.25) is 4.98 Å². The zero-order valence-corrected chi connectivity index (χ0v) is 7.31. The van der Waals surface area contributed by atoms with Crippen LogP contribution < -0.4 is 0 Å². The van der Waals surface area contributed by atoms with Gasteiger partial charge < -0.3 is 0 Å². The second-order valence-electron chi connectivity index (χ2n) is 2.74. The second kappa shape index (κ2) is 3.48. The Morgan fingerprint density at radius 3 is 2.54 bits per heavy atom. The third kappa shape index (κ3) is 1.81. The summed E-state index contributed by atoms with van der Waals surface area (Å²) in [6, 6.07) is 3.33. The molecule has 1 aromatic heterocycles. The zero-order chi connectivity index (χ0) is 10.0. The van der Waals surface area contributed by atoms with Crippen LogP contribution in [-0.2, 0) is 0 Å². The van der Waals surface area contributed by atoms with Gasteiger partial charge in [-0.1, -0.05) is 0 Å². The van der Waals surface area contributed by atoms with E-state index in [1.54, 1.807) is 6.92 Å². The lowest BCUT2D eigenvalue weighted by Gasteiger charge is -2.05. The van der Waals surface area contributed by atoms with Crippen molar-refractivity contribution in [3.8, 4) is 6.07 Å². The molecule has 0 bridgehead atoms. The van der Waals surface area contributed by atoms with Gasteiger partial charge in [-0.25, -0.2) is 8.78 Å². The van der Waals surface area contributed by atoms with Gasteiger partial charge in [0.1, 0.15) is 11.8 Å². The van der Waals surface area contributed by atoms with Gasteiger partial charge in [0.15, 0.2) is 0 Å². The van der Waals surface area contributed by atoms with Gasteiger partial charge in [-0.05, 0) is 25.5 Å². The van der Waals surface area contributed by atoms with Crippen molar-refractivity contribution in [3.63, 3.8) is 0 Å². The number of aryl methyl sites for hydroxylation is 2. The van der Waals surface area contributed by atoms with Crippen molar-refractivity contribution in [1.82, 2.24) is 4.98 Å². The van der Waals surface area contributed by atoms with E-state index in [0.717, 1.165) is 0 Å². The quantitative estimate of drug-likeness (QED) is 0.669. The van der Waals surface area contributed by atoms with E-state index in [1.165, 1.54) is 13.0 Å². The third-order valence-corrected chi connectivity index (χ3v) is 1.77. The lowest BCUT2D eigenvalue weighted by atomic mass is 10.1. The minimum Gasteiger partial charge on any atom is -0.251 e. The lowest BCUT2D eigenvalue weighted by molar-refractivity contribution is 0.145. The van der Waals surface area contributed by atoms with Crippen LogP contribution in [-0.4, -0.2) is 4.98 Å². The number of nitriles is 1. The van der Waals surface area contributed by atoms with Crippen LogP contribution in [0.15, 0.2) is 6.07 Å². The summed E-state index contributed by atoms with van der Waals surface area (Å²) in [5, 5.41) is 8.59. The topological polar surface area (TPSA) is 36.7 Å². The van der Waals surface area contributed by atoms with Gasteiger partial charge in [0.2, 0.25) is 0 Å². The first-order valence-electron chi connectivity index (χ1n) is 3.72. The first-order valence-corrected chi connectivity index (χ1v) is 3.72. The molecule has 13 heavy (non-hydrogen) atoms. The van der Waals surface area contributed by atoms with Crippen molar-refractivity contribution >= 4 is 0 Å². The summed E-state index contributed by atoms with van der Waals surface area (Å²) in [7, 11) is 0. The molecule has 0 aliphatic carbocycles. The van der Waals surface area contributed by atoms with Gasteiger partial charge >= 0.3 is 0 Å². The molecule has 0 amide bonds. The van der Waals surface area contributed by atoms with Crippen LogP contribution in [0.5, 0.6) is 0 Å². The van der Waals surface area contributed by atoms with Crippen molar-refractivity contribution in [2.45, 2.75) is 20.3 Å². The standard InChI is InChI=1S/C9H8F2N2/c1-5-3-7(4-12)6(2)13-8(5)9(10)11/h3,9H,1-2H3. The van der Waals surface area contributed by atoms with E-state index in [-0.39, 0.29) is 5.69 Å². The van der Waals surface area contributed by atoms with Crippen molar-refractivity contribution in [3.05, 3.63) is 28.6 Å². The number of hydrogen-bond acceptors (Lipinski definition) is 2. The smallest absolute Gasteiger partial charge is 0.251 e. The first kappa shape index (κ1) is 9.59. The molecule has 0 aliphatic rings. The normalized spacial score (nSPS) is 10.2. The molecule has 0 N–H and O–H groups in total. The number of rotatable bonds is 1. The Hall–Kier alpha value is -1.50. The maximum absolute atomic E-state index is 12.3. The molecule has 1 rings (SSSR count). The van der Waals surface area contributed by atoms with Crippen LogP contribution in [0.2, 0.25) is 0 Å². The number of alkyl halides is 2. The number of nitrogens with zero attached hydrogens (tertiary/aromatic N) is 2. The highest BCUT2D eigenvalue weighted by atomic mass is 19.3. The van der Waals surface area contributed by atoms with Crippen molar-refractivity contribution in [2.24, 2.45) is 0 Å². The minimum absolute atomic E-state index is 0.239. The molecule has 0 unspecified atom stereocenters. The Kier molecular flexibility index (Phi) is 2.57. The van der Waals surface area contributed by atoms with E-state index in [1.807, 2.05) is 6.07 Å². The third-order valence-electron chi connectivity index (χ3n) is 1.77. The molecular weight excluding hydrogens is 174 g/mol. The van der Waals surface area contributed by atoms with E-state index >= 15 is 0 Å². The van der Waals surface area contributed by atoms with Crippen LogP contribution in [0.1, 0.15) is 28.9 Å².